The fourth-order valence-electron chi connectivity index (χ4n) is 3.83. The average Bonchev–Trinajstić information content (AvgIpc) is 3.04. The predicted octanol–water partition coefficient (Wildman–Crippen LogP) is 2.94. The molecule has 1 amide bonds. The molecule has 0 radical (unpaired) electrons. The number of amides is 1. The summed E-state index contributed by atoms with van der Waals surface area (Å²) in [5.41, 5.74) is -0.246. The van der Waals surface area contributed by atoms with Gasteiger partial charge in [-0.25, -0.2) is 13.8 Å². The number of carbonyl (C=O) groups is 1. The van der Waals surface area contributed by atoms with Crippen molar-refractivity contribution in [3.05, 3.63) is 53.2 Å². The van der Waals surface area contributed by atoms with Crippen LogP contribution in [-0.4, -0.2) is 54.6 Å². The van der Waals surface area contributed by atoms with Crippen LogP contribution in [0.2, 0.25) is 5.02 Å². The quantitative estimate of drug-likeness (QED) is 0.805. The van der Waals surface area contributed by atoms with E-state index in [0.717, 1.165) is 5.82 Å². The molecule has 0 saturated carbocycles. The van der Waals surface area contributed by atoms with Crippen molar-refractivity contribution in [2.24, 2.45) is 0 Å². The Bertz CT molecular complexity index is 837. The van der Waals surface area contributed by atoms with Crippen LogP contribution in [0.25, 0.3) is 0 Å². The van der Waals surface area contributed by atoms with Gasteiger partial charge in [0.15, 0.2) is 0 Å². The number of rotatable bonds is 3. The maximum Gasteiger partial charge on any atom is 0.244 e. The van der Waals surface area contributed by atoms with E-state index in [1.165, 1.54) is 23.1 Å². The molecule has 5 nitrogen and oxygen atoms in total. The smallest absolute Gasteiger partial charge is 0.244 e. The van der Waals surface area contributed by atoms with E-state index in [0.29, 0.717) is 44.2 Å². The number of benzene rings is 1. The maximum atomic E-state index is 14.0. The number of pyridine rings is 1. The van der Waals surface area contributed by atoms with Crippen LogP contribution in [0.3, 0.4) is 0 Å². The van der Waals surface area contributed by atoms with Gasteiger partial charge in [-0.3, -0.25) is 9.69 Å². The summed E-state index contributed by atoms with van der Waals surface area (Å²) >= 11 is 6.21. The number of carbonyl (C=O) groups excluding carboxylic acids is 1. The number of anilines is 2. The molecule has 2 aliphatic rings. The molecule has 1 unspecified atom stereocenters. The molecule has 4 rings (SSSR count). The molecule has 142 valence electrons. The van der Waals surface area contributed by atoms with E-state index < -0.39 is 11.6 Å². The minimum atomic E-state index is -0.710. The van der Waals surface area contributed by atoms with Crippen LogP contribution in [0.1, 0.15) is 6.42 Å². The Balaban J connectivity index is 1.44. The van der Waals surface area contributed by atoms with Gasteiger partial charge >= 0.3 is 0 Å². The Morgan fingerprint density at radius 3 is 2.37 bits per heavy atom. The molecule has 2 aromatic rings. The van der Waals surface area contributed by atoms with Gasteiger partial charge in [0.05, 0.1) is 11.1 Å². The third-order valence-corrected chi connectivity index (χ3v) is 5.47. The first kappa shape index (κ1) is 18.1. The van der Waals surface area contributed by atoms with Crippen molar-refractivity contribution in [1.29, 1.82) is 0 Å². The summed E-state index contributed by atoms with van der Waals surface area (Å²) in [5, 5.41) is 0.601. The SMILES string of the molecule is O=C1C(N2CCN(c3ncccc3Cl)CC2)CCN1c1c(F)cccc1F. The molecule has 3 heterocycles. The number of hydrogen-bond acceptors (Lipinski definition) is 4. The highest BCUT2D eigenvalue weighted by molar-refractivity contribution is 6.32. The molecule has 2 aliphatic heterocycles. The van der Waals surface area contributed by atoms with Gasteiger partial charge < -0.3 is 9.80 Å². The molecule has 2 saturated heterocycles. The second-order valence-electron chi connectivity index (χ2n) is 6.70. The van der Waals surface area contributed by atoms with Crippen LogP contribution in [0.5, 0.6) is 0 Å². The molecule has 2 fully saturated rings. The molecule has 1 aromatic carbocycles. The number of halogens is 3. The molecule has 0 aliphatic carbocycles. The van der Waals surface area contributed by atoms with Crippen molar-refractivity contribution in [2.45, 2.75) is 12.5 Å². The number of aromatic nitrogens is 1. The largest absolute Gasteiger partial charge is 0.353 e. The van der Waals surface area contributed by atoms with Gasteiger partial charge in [0, 0.05) is 38.9 Å². The summed E-state index contributed by atoms with van der Waals surface area (Å²) in [7, 11) is 0. The summed E-state index contributed by atoms with van der Waals surface area (Å²) in [6.07, 6.45) is 2.26. The number of piperazine rings is 1. The molecule has 1 atom stereocenters. The van der Waals surface area contributed by atoms with Crippen LogP contribution in [0.4, 0.5) is 20.3 Å². The lowest BCUT2D eigenvalue weighted by atomic mass is 10.1. The third kappa shape index (κ3) is 3.37. The fraction of sp³-hybridized carbons (Fsp3) is 0.368. The molecular formula is C19H19ClF2N4O. The highest BCUT2D eigenvalue weighted by Gasteiger charge is 2.39. The Morgan fingerprint density at radius 2 is 1.70 bits per heavy atom. The van der Waals surface area contributed by atoms with Crippen molar-refractivity contribution in [1.82, 2.24) is 9.88 Å². The van der Waals surface area contributed by atoms with Crippen LogP contribution >= 0.6 is 11.6 Å². The van der Waals surface area contributed by atoms with Crippen molar-refractivity contribution in [2.75, 3.05) is 42.5 Å². The Morgan fingerprint density at radius 1 is 1.00 bits per heavy atom. The maximum absolute atomic E-state index is 14.0. The molecule has 8 heteroatoms. The van der Waals surface area contributed by atoms with E-state index in [1.807, 2.05) is 0 Å². The summed E-state index contributed by atoms with van der Waals surface area (Å²) in [5.74, 6) is -0.924. The van der Waals surface area contributed by atoms with E-state index in [1.54, 1.807) is 18.3 Å². The van der Waals surface area contributed by atoms with Gasteiger partial charge in [0.25, 0.3) is 0 Å². The molecule has 27 heavy (non-hydrogen) atoms. The normalized spacial score (nSPS) is 21.1. The van der Waals surface area contributed by atoms with Gasteiger partial charge in [0.2, 0.25) is 5.91 Å². The second-order valence-corrected chi connectivity index (χ2v) is 7.10. The monoisotopic (exact) mass is 392 g/mol. The minimum Gasteiger partial charge on any atom is -0.353 e. The summed E-state index contributed by atoms with van der Waals surface area (Å²) in [6, 6.07) is 6.88. The first-order valence-corrected chi connectivity index (χ1v) is 9.29. The Labute approximate surface area is 161 Å². The van der Waals surface area contributed by atoms with Gasteiger partial charge in [0.1, 0.15) is 23.1 Å². The lowest BCUT2D eigenvalue weighted by Gasteiger charge is -2.38. The third-order valence-electron chi connectivity index (χ3n) is 5.18. The van der Waals surface area contributed by atoms with Crippen LogP contribution in [0, 0.1) is 11.6 Å². The number of hydrogen-bond donors (Lipinski definition) is 0. The van der Waals surface area contributed by atoms with E-state index in [4.69, 9.17) is 11.6 Å². The zero-order chi connectivity index (χ0) is 19.0. The lowest BCUT2D eigenvalue weighted by molar-refractivity contribution is -0.121. The lowest BCUT2D eigenvalue weighted by Crippen LogP contribution is -2.53. The Kier molecular flexibility index (Phi) is 4.97. The molecule has 0 spiro atoms. The van der Waals surface area contributed by atoms with Crippen LogP contribution in [-0.2, 0) is 4.79 Å². The van der Waals surface area contributed by atoms with Gasteiger partial charge in [-0.05, 0) is 30.7 Å². The first-order valence-electron chi connectivity index (χ1n) is 8.91. The number of para-hydroxylation sites is 1. The molecule has 0 N–H and O–H groups in total. The zero-order valence-corrected chi connectivity index (χ0v) is 15.4. The van der Waals surface area contributed by atoms with Crippen LogP contribution < -0.4 is 9.80 Å². The van der Waals surface area contributed by atoms with Crippen molar-refractivity contribution < 1.29 is 13.6 Å². The molecule has 1 aromatic heterocycles. The van der Waals surface area contributed by atoms with E-state index >= 15 is 0 Å². The summed E-state index contributed by atoms with van der Waals surface area (Å²) < 4.78 is 28.1. The second kappa shape index (κ2) is 7.40. The Hall–Kier alpha value is -2.25. The van der Waals surface area contributed by atoms with E-state index in [9.17, 15) is 13.6 Å². The van der Waals surface area contributed by atoms with Gasteiger partial charge in [-0.1, -0.05) is 17.7 Å². The highest BCUT2D eigenvalue weighted by Crippen LogP contribution is 2.30. The topological polar surface area (TPSA) is 39.7 Å². The summed E-state index contributed by atoms with van der Waals surface area (Å²) in [6.45, 7) is 3.02. The zero-order valence-electron chi connectivity index (χ0n) is 14.6. The highest BCUT2D eigenvalue weighted by atomic mass is 35.5. The van der Waals surface area contributed by atoms with Crippen molar-refractivity contribution in [3.8, 4) is 0 Å². The number of nitrogens with zero attached hydrogens (tertiary/aromatic N) is 4. The molecule has 0 bridgehead atoms. The van der Waals surface area contributed by atoms with Crippen molar-refractivity contribution in [3.63, 3.8) is 0 Å². The minimum absolute atomic E-state index is 0.246. The van der Waals surface area contributed by atoms with E-state index in [2.05, 4.69) is 14.8 Å². The molecular weight excluding hydrogens is 374 g/mol. The van der Waals surface area contributed by atoms with Gasteiger partial charge in [-0.15, -0.1) is 0 Å². The van der Waals surface area contributed by atoms with E-state index in [-0.39, 0.29) is 17.6 Å². The van der Waals surface area contributed by atoms with Gasteiger partial charge in [-0.2, -0.15) is 0 Å². The average molecular weight is 393 g/mol. The van der Waals surface area contributed by atoms with Crippen molar-refractivity contribution >= 4 is 29.0 Å². The van der Waals surface area contributed by atoms with Crippen LogP contribution in [0.15, 0.2) is 36.5 Å². The predicted molar refractivity (Wildman–Crippen MR) is 100 cm³/mol. The summed E-state index contributed by atoms with van der Waals surface area (Å²) in [4.78, 5) is 22.5. The fourth-order valence-corrected chi connectivity index (χ4v) is 4.07. The first-order chi connectivity index (χ1) is 13.1. The standard InChI is InChI=1S/C19H19ClF2N4O/c20-13-3-2-7-23-18(13)25-11-9-24(10-12-25)16-6-8-26(19(16)27)17-14(21)4-1-5-15(17)22/h1-5,7,16H,6,8-12H2.